The van der Waals surface area contributed by atoms with E-state index in [0.29, 0.717) is 0 Å². The van der Waals surface area contributed by atoms with Gasteiger partial charge in [0, 0.05) is 5.69 Å². The van der Waals surface area contributed by atoms with Crippen molar-refractivity contribution in [2.75, 3.05) is 5.73 Å². The van der Waals surface area contributed by atoms with Crippen LogP contribution < -0.4 is 5.73 Å². The van der Waals surface area contributed by atoms with E-state index in [2.05, 4.69) is 6.58 Å². The van der Waals surface area contributed by atoms with E-state index < -0.39 is 0 Å². The van der Waals surface area contributed by atoms with E-state index >= 15 is 0 Å². The molecule has 0 unspecified atom stereocenters. The predicted molar refractivity (Wildman–Crippen MR) is 63.8 cm³/mol. The zero-order valence-electron chi connectivity index (χ0n) is 8.40. The molecular weight excluding hydrogens is 170 g/mol. The number of rotatable bonds is 3. The molecule has 0 aliphatic rings. The van der Waals surface area contributed by atoms with E-state index in [1.807, 2.05) is 55.5 Å². The summed E-state index contributed by atoms with van der Waals surface area (Å²) >= 11 is 0. The summed E-state index contributed by atoms with van der Waals surface area (Å²) in [6, 6.07) is 7.72. The average molecular weight is 185 g/mol. The van der Waals surface area contributed by atoms with E-state index in [0.717, 1.165) is 16.8 Å². The van der Waals surface area contributed by atoms with Crippen molar-refractivity contribution in [1.82, 2.24) is 0 Å². The van der Waals surface area contributed by atoms with Crippen LogP contribution in [0.3, 0.4) is 0 Å². The Bertz CT molecular complexity index is 373. The smallest absolute Gasteiger partial charge is 0.0320 e. The van der Waals surface area contributed by atoms with Crippen LogP contribution >= 0.6 is 0 Å². The third kappa shape index (κ3) is 2.94. The van der Waals surface area contributed by atoms with Crippen LogP contribution in [0.5, 0.6) is 0 Å². The molecule has 0 saturated heterocycles. The standard InChI is InChI=1S/C13H15N/c1-3-4-5-7-11(2)12-8-6-9-13(14)10-12/h3-10H,2,14H2,1H3/b4-3-,7-5-. The highest BCUT2D eigenvalue weighted by Crippen LogP contribution is 2.16. The minimum atomic E-state index is 0.767. The van der Waals surface area contributed by atoms with Crippen LogP contribution in [0, 0.1) is 0 Å². The van der Waals surface area contributed by atoms with Gasteiger partial charge in [0.05, 0.1) is 0 Å². The lowest BCUT2D eigenvalue weighted by Crippen LogP contribution is -1.85. The first-order valence-electron chi connectivity index (χ1n) is 4.58. The molecule has 0 aromatic heterocycles. The number of benzene rings is 1. The average Bonchev–Trinajstić information content (AvgIpc) is 2.18. The summed E-state index contributed by atoms with van der Waals surface area (Å²) < 4.78 is 0. The molecule has 0 fully saturated rings. The van der Waals surface area contributed by atoms with Gasteiger partial charge in [-0.2, -0.15) is 0 Å². The van der Waals surface area contributed by atoms with Gasteiger partial charge in [-0.05, 0) is 30.2 Å². The molecule has 0 radical (unpaired) electrons. The Hall–Kier alpha value is -1.76. The lowest BCUT2D eigenvalue weighted by molar-refractivity contribution is 1.61. The summed E-state index contributed by atoms with van der Waals surface area (Å²) in [6.07, 6.45) is 7.88. The predicted octanol–water partition coefficient (Wildman–Crippen LogP) is 3.41. The minimum Gasteiger partial charge on any atom is -0.399 e. The second-order valence-electron chi connectivity index (χ2n) is 3.04. The molecule has 1 aromatic carbocycles. The maximum absolute atomic E-state index is 5.67. The van der Waals surface area contributed by atoms with E-state index in [1.165, 1.54) is 0 Å². The van der Waals surface area contributed by atoms with Crippen LogP contribution in [0.4, 0.5) is 5.69 Å². The molecule has 14 heavy (non-hydrogen) atoms. The van der Waals surface area contributed by atoms with Crippen molar-refractivity contribution in [3.8, 4) is 0 Å². The summed E-state index contributed by atoms with van der Waals surface area (Å²) in [5, 5.41) is 0. The van der Waals surface area contributed by atoms with Gasteiger partial charge in [-0.1, -0.05) is 43.0 Å². The van der Waals surface area contributed by atoms with Crippen molar-refractivity contribution >= 4 is 11.3 Å². The Morgan fingerprint density at radius 3 is 2.79 bits per heavy atom. The van der Waals surface area contributed by atoms with Gasteiger partial charge < -0.3 is 5.73 Å². The summed E-state index contributed by atoms with van der Waals surface area (Å²) in [6.45, 7) is 5.94. The number of anilines is 1. The molecule has 1 heteroatoms. The van der Waals surface area contributed by atoms with Gasteiger partial charge in [-0.15, -0.1) is 0 Å². The summed E-state index contributed by atoms with van der Waals surface area (Å²) in [5.41, 5.74) is 8.47. The van der Waals surface area contributed by atoms with E-state index in [-0.39, 0.29) is 0 Å². The molecule has 1 aromatic rings. The molecule has 0 aliphatic heterocycles. The van der Waals surface area contributed by atoms with E-state index in [9.17, 15) is 0 Å². The molecule has 0 spiro atoms. The van der Waals surface area contributed by atoms with Crippen molar-refractivity contribution < 1.29 is 0 Å². The monoisotopic (exact) mass is 185 g/mol. The first-order chi connectivity index (χ1) is 6.74. The van der Waals surface area contributed by atoms with Crippen molar-refractivity contribution in [2.45, 2.75) is 6.92 Å². The Kier molecular flexibility index (Phi) is 3.74. The SMILES string of the molecule is C=C(/C=C\C=C/C)c1cccc(N)c1. The molecule has 0 aliphatic carbocycles. The summed E-state index contributed by atoms with van der Waals surface area (Å²) in [5.74, 6) is 0. The fourth-order valence-corrected chi connectivity index (χ4v) is 1.12. The fraction of sp³-hybridized carbons (Fsp3) is 0.0769. The van der Waals surface area contributed by atoms with Crippen LogP contribution in [0.2, 0.25) is 0 Å². The highest BCUT2D eigenvalue weighted by atomic mass is 14.5. The van der Waals surface area contributed by atoms with Crippen LogP contribution in [-0.4, -0.2) is 0 Å². The Morgan fingerprint density at radius 2 is 2.14 bits per heavy atom. The molecule has 72 valence electrons. The zero-order chi connectivity index (χ0) is 10.4. The van der Waals surface area contributed by atoms with Gasteiger partial charge in [0.15, 0.2) is 0 Å². The Balaban J connectivity index is 2.79. The van der Waals surface area contributed by atoms with E-state index in [1.54, 1.807) is 0 Å². The normalized spacial score (nSPS) is 11.2. The van der Waals surface area contributed by atoms with Gasteiger partial charge >= 0.3 is 0 Å². The lowest BCUT2D eigenvalue weighted by Gasteiger charge is -2.00. The molecule has 0 atom stereocenters. The minimum absolute atomic E-state index is 0.767. The topological polar surface area (TPSA) is 26.0 Å². The van der Waals surface area contributed by atoms with Gasteiger partial charge in [0.2, 0.25) is 0 Å². The maximum Gasteiger partial charge on any atom is 0.0320 e. The van der Waals surface area contributed by atoms with Gasteiger partial charge in [0.1, 0.15) is 0 Å². The van der Waals surface area contributed by atoms with Crippen molar-refractivity contribution in [3.05, 3.63) is 60.7 Å². The summed E-state index contributed by atoms with van der Waals surface area (Å²) in [7, 11) is 0. The van der Waals surface area contributed by atoms with Crippen LogP contribution in [-0.2, 0) is 0 Å². The second kappa shape index (κ2) is 5.07. The summed E-state index contributed by atoms with van der Waals surface area (Å²) in [4.78, 5) is 0. The Labute approximate surface area is 85.3 Å². The van der Waals surface area contributed by atoms with Crippen molar-refractivity contribution in [3.63, 3.8) is 0 Å². The number of hydrogen-bond donors (Lipinski definition) is 1. The quantitative estimate of drug-likeness (QED) is 0.566. The molecule has 1 rings (SSSR count). The molecule has 2 N–H and O–H groups in total. The van der Waals surface area contributed by atoms with Crippen LogP contribution in [0.25, 0.3) is 5.57 Å². The van der Waals surface area contributed by atoms with Gasteiger partial charge in [-0.3, -0.25) is 0 Å². The first-order valence-corrected chi connectivity index (χ1v) is 4.58. The number of nitrogens with two attached hydrogens (primary N) is 1. The molecule has 0 bridgehead atoms. The molecule has 1 nitrogen and oxygen atoms in total. The van der Waals surface area contributed by atoms with Gasteiger partial charge in [0.25, 0.3) is 0 Å². The molecule has 0 saturated carbocycles. The van der Waals surface area contributed by atoms with Gasteiger partial charge in [-0.25, -0.2) is 0 Å². The maximum atomic E-state index is 5.67. The second-order valence-corrected chi connectivity index (χ2v) is 3.04. The van der Waals surface area contributed by atoms with Crippen LogP contribution in [0.15, 0.2) is 55.1 Å². The largest absolute Gasteiger partial charge is 0.399 e. The zero-order valence-corrected chi connectivity index (χ0v) is 8.40. The number of nitrogen functional groups attached to an aromatic ring is 1. The highest BCUT2D eigenvalue weighted by Gasteiger charge is 1.93. The van der Waals surface area contributed by atoms with Crippen molar-refractivity contribution in [1.29, 1.82) is 0 Å². The number of hydrogen-bond acceptors (Lipinski definition) is 1. The Morgan fingerprint density at radius 1 is 1.36 bits per heavy atom. The molecular formula is C13H15N. The first kappa shape index (κ1) is 10.3. The molecule has 0 heterocycles. The lowest BCUT2D eigenvalue weighted by atomic mass is 10.1. The van der Waals surface area contributed by atoms with E-state index in [4.69, 9.17) is 5.73 Å². The third-order valence-corrected chi connectivity index (χ3v) is 1.86. The number of allylic oxidation sites excluding steroid dienone is 5. The fourth-order valence-electron chi connectivity index (χ4n) is 1.12. The highest BCUT2D eigenvalue weighted by molar-refractivity contribution is 5.73. The molecule has 0 amide bonds. The third-order valence-electron chi connectivity index (χ3n) is 1.86. The van der Waals surface area contributed by atoms with Crippen molar-refractivity contribution in [2.24, 2.45) is 0 Å². The van der Waals surface area contributed by atoms with Crippen LogP contribution in [0.1, 0.15) is 12.5 Å².